The van der Waals surface area contributed by atoms with Crippen LogP contribution in [0.5, 0.6) is 0 Å². The molecule has 3 aromatic rings. The van der Waals surface area contributed by atoms with Gasteiger partial charge in [0.15, 0.2) is 0 Å². The Kier molecular flexibility index (Phi) is 6.34. The molecule has 174 valence electrons. The molecule has 1 saturated heterocycles. The zero-order valence-electron chi connectivity index (χ0n) is 19.6. The van der Waals surface area contributed by atoms with Crippen LogP contribution in [0.4, 0.5) is 5.69 Å². The van der Waals surface area contributed by atoms with Crippen molar-refractivity contribution in [2.24, 2.45) is 0 Å². The van der Waals surface area contributed by atoms with Gasteiger partial charge in [0.1, 0.15) is 17.2 Å². The number of benzene rings is 1. The maximum Gasteiger partial charge on any atom is 0.263 e. The quantitative estimate of drug-likeness (QED) is 0.546. The smallest absolute Gasteiger partial charge is 0.263 e. The number of fused-ring (bicyclic) bond motifs is 3. The van der Waals surface area contributed by atoms with Crippen molar-refractivity contribution < 1.29 is 4.79 Å². The number of aromatic nitrogens is 2. The van der Waals surface area contributed by atoms with Gasteiger partial charge in [-0.05, 0) is 88.7 Å². The lowest BCUT2D eigenvalue weighted by Gasteiger charge is -2.24. The summed E-state index contributed by atoms with van der Waals surface area (Å²) in [5, 5.41) is 0.756. The minimum Gasteiger partial charge on any atom is -0.311 e. The normalized spacial score (nSPS) is 16.3. The van der Waals surface area contributed by atoms with Crippen molar-refractivity contribution in [2.45, 2.75) is 65.5 Å². The zero-order chi connectivity index (χ0) is 22.9. The maximum atomic E-state index is 13.8. The van der Waals surface area contributed by atoms with E-state index in [0.717, 1.165) is 59.6 Å². The molecule has 1 fully saturated rings. The highest BCUT2D eigenvalue weighted by Crippen LogP contribution is 2.34. The Balaban J connectivity index is 1.56. The van der Waals surface area contributed by atoms with E-state index in [9.17, 15) is 9.59 Å². The lowest BCUT2D eigenvalue weighted by molar-refractivity contribution is -0.119. The molecule has 0 N–H and O–H groups in total. The van der Waals surface area contributed by atoms with Gasteiger partial charge < -0.3 is 4.90 Å². The second kappa shape index (κ2) is 9.39. The number of amides is 1. The van der Waals surface area contributed by atoms with Crippen LogP contribution in [-0.2, 0) is 30.7 Å². The van der Waals surface area contributed by atoms with Gasteiger partial charge in [0.25, 0.3) is 5.56 Å². The number of carbonyl (C=O) groups excluding carboxylic acids is 1. The summed E-state index contributed by atoms with van der Waals surface area (Å²) >= 11 is 1.68. The van der Waals surface area contributed by atoms with Crippen LogP contribution in [0.2, 0.25) is 0 Å². The molecule has 0 unspecified atom stereocenters. The Morgan fingerprint density at radius 2 is 1.94 bits per heavy atom. The minimum absolute atomic E-state index is 0.0251. The highest BCUT2D eigenvalue weighted by molar-refractivity contribution is 7.18. The molecule has 1 aromatic carbocycles. The third-order valence-corrected chi connectivity index (χ3v) is 8.13. The third kappa shape index (κ3) is 4.36. The molecule has 0 saturated carbocycles. The first-order valence-electron chi connectivity index (χ1n) is 12.2. The van der Waals surface area contributed by atoms with Crippen LogP contribution in [0.25, 0.3) is 10.2 Å². The molecule has 0 radical (unpaired) electrons. The van der Waals surface area contributed by atoms with E-state index in [2.05, 4.69) is 4.90 Å². The number of nitrogens with zero attached hydrogens (tertiary/aromatic N) is 4. The molecule has 2 aliphatic rings. The maximum absolute atomic E-state index is 13.8. The molecule has 7 heteroatoms. The van der Waals surface area contributed by atoms with Crippen LogP contribution in [0.1, 0.15) is 54.4 Å². The van der Waals surface area contributed by atoms with Gasteiger partial charge in [-0.2, -0.15) is 0 Å². The molecule has 0 bridgehead atoms. The van der Waals surface area contributed by atoms with Crippen LogP contribution in [0, 0.1) is 6.92 Å². The van der Waals surface area contributed by atoms with E-state index in [-0.39, 0.29) is 18.0 Å². The van der Waals surface area contributed by atoms with Gasteiger partial charge in [-0.25, -0.2) is 4.98 Å². The van der Waals surface area contributed by atoms with Crippen molar-refractivity contribution in [2.75, 3.05) is 24.5 Å². The van der Waals surface area contributed by atoms with E-state index in [1.807, 2.05) is 38.1 Å². The summed E-state index contributed by atoms with van der Waals surface area (Å²) in [6.45, 7) is 7.25. The molecule has 0 atom stereocenters. The van der Waals surface area contributed by atoms with Crippen LogP contribution >= 0.6 is 11.3 Å². The Morgan fingerprint density at radius 3 is 2.70 bits per heavy atom. The van der Waals surface area contributed by atoms with Crippen LogP contribution in [0.15, 0.2) is 29.1 Å². The van der Waals surface area contributed by atoms with E-state index >= 15 is 0 Å². The van der Waals surface area contributed by atoms with Gasteiger partial charge in [-0.3, -0.25) is 19.1 Å². The topological polar surface area (TPSA) is 58.4 Å². The average Bonchev–Trinajstić information content (AvgIpc) is 3.44. The number of hydrogen-bond donors (Lipinski definition) is 0. The molecule has 0 spiro atoms. The van der Waals surface area contributed by atoms with E-state index in [1.54, 1.807) is 20.8 Å². The molecular formula is C26H32N4O2S. The first-order chi connectivity index (χ1) is 16.0. The summed E-state index contributed by atoms with van der Waals surface area (Å²) in [6.07, 6.45) is 6.62. The number of carbonyl (C=O) groups is 1. The number of hydrogen-bond acceptors (Lipinski definition) is 5. The minimum atomic E-state index is -0.0712. The number of thiophene rings is 1. The van der Waals surface area contributed by atoms with Gasteiger partial charge in [0.2, 0.25) is 5.91 Å². The largest absolute Gasteiger partial charge is 0.311 e. The molecule has 33 heavy (non-hydrogen) atoms. The molecule has 5 rings (SSSR count). The highest BCUT2D eigenvalue weighted by atomic mass is 32.1. The fraction of sp³-hybridized carbons (Fsp3) is 0.500. The summed E-state index contributed by atoms with van der Waals surface area (Å²) < 4.78 is 1.67. The summed E-state index contributed by atoms with van der Waals surface area (Å²) in [4.78, 5) is 38.6. The van der Waals surface area contributed by atoms with Crippen molar-refractivity contribution in [3.63, 3.8) is 0 Å². The third-order valence-electron chi connectivity index (χ3n) is 6.94. The molecule has 1 aliphatic carbocycles. The average molecular weight is 465 g/mol. The number of aryl methyl sites for hydroxylation is 3. The lowest BCUT2D eigenvalue weighted by Crippen LogP contribution is -2.39. The SMILES string of the molecule is CCN(C(=O)Cn1c(CN2CCCC2)nc2sc3c(c2c1=O)CCCC3)c1cccc(C)c1. The second-order valence-electron chi connectivity index (χ2n) is 9.27. The monoisotopic (exact) mass is 464 g/mol. The Labute approximate surface area is 198 Å². The highest BCUT2D eigenvalue weighted by Gasteiger charge is 2.25. The van der Waals surface area contributed by atoms with Crippen LogP contribution in [-0.4, -0.2) is 40.0 Å². The van der Waals surface area contributed by atoms with E-state index in [1.165, 1.54) is 29.7 Å². The van der Waals surface area contributed by atoms with Gasteiger partial charge in [0.05, 0.1) is 11.9 Å². The Morgan fingerprint density at radius 1 is 1.15 bits per heavy atom. The van der Waals surface area contributed by atoms with Crippen molar-refractivity contribution >= 4 is 33.1 Å². The first kappa shape index (κ1) is 22.3. The first-order valence-corrected chi connectivity index (χ1v) is 13.0. The molecule has 6 nitrogen and oxygen atoms in total. The molecular weight excluding hydrogens is 432 g/mol. The number of rotatable bonds is 6. The molecule has 1 amide bonds. The van der Waals surface area contributed by atoms with Crippen molar-refractivity contribution in [1.29, 1.82) is 0 Å². The lowest BCUT2D eigenvalue weighted by atomic mass is 9.97. The predicted molar refractivity (Wildman–Crippen MR) is 134 cm³/mol. The second-order valence-corrected chi connectivity index (χ2v) is 10.4. The molecule has 2 aromatic heterocycles. The summed E-state index contributed by atoms with van der Waals surface area (Å²) in [5.41, 5.74) is 3.12. The predicted octanol–water partition coefficient (Wildman–Crippen LogP) is 4.29. The van der Waals surface area contributed by atoms with Gasteiger partial charge in [-0.15, -0.1) is 11.3 Å². The molecule has 1 aliphatic heterocycles. The fourth-order valence-electron chi connectivity index (χ4n) is 5.22. The van der Waals surface area contributed by atoms with Gasteiger partial charge in [0, 0.05) is 17.1 Å². The Bertz CT molecular complexity index is 1240. The van der Waals surface area contributed by atoms with E-state index in [0.29, 0.717) is 13.1 Å². The van der Waals surface area contributed by atoms with Crippen LogP contribution in [0.3, 0.4) is 0 Å². The fourth-order valence-corrected chi connectivity index (χ4v) is 6.50. The Hall–Kier alpha value is -2.51. The van der Waals surface area contributed by atoms with Gasteiger partial charge in [-0.1, -0.05) is 12.1 Å². The summed E-state index contributed by atoms with van der Waals surface area (Å²) in [5.74, 6) is 0.653. The molecule has 3 heterocycles. The van der Waals surface area contributed by atoms with Crippen LogP contribution < -0.4 is 10.5 Å². The standard InChI is InChI=1S/C26H32N4O2S/c1-3-29(19-10-8-9-18(2)15-19)23(31)17-30-22(16-28-13-6-7-14-28)27-25-24(26(30)32)20-11-4-5-12-21(20)33-25/h8-10,15H,3-7,11-14,16-17H2,1-2H3. The number of likely N-dealkylation sites (tertiary alicyclic amines) is 1. The summed E-state index contributed by atoms with van der Waals surface area (Å²) in [6, 6.07) is 7.97. The van der Waals surface area contributed by atoms with Crippen molar-refractivity contribution in [1.82, 2.24) is 14.5 Å². The van der Waals surface area contributed by atoms with Crippen molar-refractivity contribution in [3.05, 3.63) is 56.4 Å². The number of anilines is 1. The van der Waals surface area contributed by atoms with Crippen molar-refractivity contribution in [3.8, 4) is 0 Å². The van der Waals surface area contributed by atoms with E-state index < -0.39 is 0 Å². The van der Waals surface area contributed by atoms with E-state index in [4.69, 9.17) is 4.98 Å². The zero-order valence-corrected chi connectivity index (χ0v) is 20.4. The summed E-state index contributed by atoms with van der Waals surface area (Å²) in [7, 11) is 0. The number of likely N-dealkylation sites (N-methyl/N-ethyl adjacent to an activating group) is 1. The van der Waals surface area contributed by atoms with Gasteiger partial charge >= 0.3 is 0 Å².